The topological polar surface area (TPSA) is 113 Å². The number of pyridine rings is 1. The van der Waals surface area contributed by atoms with Crippen LogP contribution in [0.1, 0.15) is 49.5 Å². The molecule has 0 bridgehead atoms. The van der Waals surface area contributed by atoms with Gasteiger partial charge in [-0.2, -0.15) is 0 Å². The maximum Gasteiger partial charge on any atom is 0.257 e. The molecule has 0 unspecified atom stereocenters. The van der Waals surface area contributed by atoms with Crippen LogP contribution < -0.4 is 26.2 Å². The minimum Gasteiger partial charge on any atom is -0.491 e. The van der Waals surface area contributed by atoms with Gasteiger partial charge in [0.1, 0.15) is 23.7 Å². The van der Waals surface area contributed by atoms with E-state index in [1.165, 1.54) is 5.56 Å². The van der Waals surface area contributed by atoms with E-state index in [9.17, 15) is 14.4 Å². The molecule has 0 fully saturated rings. The molecule has 0 saturated carbocycles. The van der Waals surface area contributed by atoms with Gasteiger partial charge in [0.15, 0.2) is 0 Å². The van der Waals surface area contributed by atoms with Crippen LogP contribution in [-0.2, 0) is 11.3 Å². The van der Waals surface area contributed by atoms with E-state index in [2.05, 4.69) is 51.7 Å². The Hall–Kier alpha value is -4.54. The molecule has 248 valence electrons. The molecule has 10 nitrogen and oxygen atoms in total. The highest BCUT2D eigenvalue weighted by Gasteiger charge is 2.28. The predicted octanol–water partition coefficient (Wildman–Crippen LogP) is 5.31. The Morgan fingerprint density at radius 3 is 2.40 bits per heavy atom. The van der Waals surface area contributed by atoms with Gasteiger partial charge in [0.05, 0.1) is 17.4 Å². The first-order valence-electron chi connectivity index (χ1n) is 16.4. The van der Waals surface area contributed by atoms with E-state index in [0.717, 1.165) is 37.2 Å². The van der Waals surface area contributed by atoms with Gasteiger partial charge in [-0.15, -0.1) is 0 Å². The second kappa shape index (κ2) is 15.4. The highest BCUT2D eigenvalue weighted by molar-refractivity contribution is 5.98. The van der Waals surface area contributed by atoms with Gasteiger partial charge in [-0.05, 0) is 54.7 Å². The van der Waals surface area contributed by atoms with Crippen LogP contribution in [0.25, 0.3) is 11.3 Å². The molecule has 1 aromatic heterocycles. The Bertz CT molecular complexity index is 1710. The van der Waals surface area contributed by atoms with Gasteiger partial charge in [0.25, 0.3) is 16.8 Å². The van der Waals surface area contributed by atoms with E-state index in [-0.39, 0.29) is 29.7 Å². The molecule has 10 heteroatoms. The van der Waals surface area contributed by atoms with Crippen molar-refractivity contribution in [2.24, 2.45) is 5.92 Å². The Labute approximate surface area is 276 Å². The number of anilines is 3. The zero-order chi connectivity index (χ0) is 33.5. The zero-order valence-corrected chi connectivity index (χ0v) is 27.9. The summed E-state index contributed by atoms with van der Waals surface area (Å²) in [6.07, 6.45) is 3.25. The van der Waals surface area contributed by atoms with Gasteiger partial charge in [-0.25, -0.2) is 0 Å². The monoisotopic (exact) mass is 639 g/mol. The molecule has 3 aromatic carbocycles. The third kappa shape index (κ3) is 7.89. The average molecular weight is 640 g/mol. The minimum atomic E-state index is -0.575. The number of fused-ring (bicyclic) bond motifs is 1. The van der Waals surface area contributed by atoms with Crippen molar-refractivity contribution < 1.29 is 14.3 Å². The summed E-state index contributed by atoms with van der Waals surface area (Å²) in [4.78, 5) is 47.1. The second-order valence-electron chi connectivity index (χ2n) is 12.3. The first-order chi connectivity index (χ1) is 22.7. The lowest BCUT2D eigenvalue weighted by atomic mass is 10.0. The number of methoxy groups -OCH3 is 1. The molecule has 0 spiro atoms. The van der Waals surface area contributed by atoms with Gasteiger partial charge >= 0.3 is 0 Å². The van der Waals surface area contributed by atoms with Crippen LogP contribution in [0.15, 0.2) is 76.4 Å². The van der Waals surface area contributed by atoms with E-state index in [1.54, 1.807) is 43.5 Å². The van der Waals surface area contributed by atoms with Crippen molar-refractivity contribution >= 4 is 23.0 Å². The number of aromatic nitrogens is 1. The van der Waals surface area contributed by atoms with Gasteiger partial charge in [-0.1, -0.05) is 51.1 Å². The standard InChI is InChI=1S/C37H45N5O5/c1-6-27(7-2)39-33-34(36(44)35(33)43)40-28-15-16-31-29(20-28)37(45)41(4)23-32(46-5)24(3)21-42(18-19-47-31)22-25-11-13-26(14-12-25)30-10-8-9-17-38-30/h8-17,20,24,27,32,39-40H,6-7,18-19,21-23H2,1-5H3/t24-,32-/m0/s1. The average Bonchev–Trinajstić information content (AvgIpc) is 3.10. The van der Waals surface area contributed by atoms with Gasteiger partial charge in [0.2, 0.25) is 0 Å². The molecule has 2 heterocycles. The van der Waals surface area contributed by atoms with E-state index < -0.39 is 10.9 Å². The number of nitrogens with one attached hydrogen (secondary N) is 2. The SMILES string of the molecule is CCC(CC)Nc1c(Nc2ccc3c(c2)C(=O)N(C)C[C@H](OC)[C@@H](C)CN(Cc2ccc(-c4ccccn4)cc2)CCO3)c(=O)c1=O. The lowest BCUT2D eigenvalue weighted by molar-refractivity contribution is 0.0161. The van der Waals surface area contributed by atoms with Crippen LogP contribution >= 0.6 is 0 Å². The Balaban J connectivity index is 1.36. The van der Waals surface area contributed by atoms with Crippen LogP contribution in [0.4, 0.5) is 17.1 Å². The van der Waals surface area contributed by atoms with Gasteiger partial charge < -0.3 is 25.0 Å². The summed E-state index contributed by atoms with van der Waals surface area (Å²) in [7, 11) is 3.44. The molecule has 0 saturated heterocycles. The van der Waals surface area contributed by atoms with E-state index in [1.807, 2.05) is 32.0 Å². The minimum absolute atomic E-state index is 0.0839. The summed E-state index contributed by atoms with van der Waals surface area (Å²) in [6.45, 7) is 9.09. The molecule has 1 aliphatic heterocycles. The summed E-state index contributed by atoms with van der Waals surface area (Å²) in [6, 6.07) is 19.6. The highest BCUT2D eigenvalue weighted by atomic mass is 16.5. The van der Waals surface area contributed by atoms with Crippen LogP contribution in [0, 0.1) is 5.92 Å². The smallest absolute Gasteiger partial charge is 0.257 e. The number of likely N-dealkylation sites (N-methyl/N-ethyl adjacent to an activating group) is 1. The van der Waals surface area contributed by atoms with Crippen molar-refractivity contribution in [3.05, 3.63) is 98.4 Å². The van der Waals surface area contributed by atoms with Crippen LogP contribution in [-0.4, -0.2) is 73.2 Å². The van der Waals surface area contributed by atoms with Crippen LogP contribution in [0.5, 0.6) is 5.75 Å². The first-order valence-corrected chi connectivity index (χ1v) is 16.4. The van der Waals surface area contributed by atoms with Gasteiger partial charge in [-0.3, -0.25) is 24.3 Å². The number of hydrogen-bond donors (Lipinski definition) is 2. The fourth-order valence-electron chi connectivity index (χ4n) is 6.05. The zero-order valence-electron chi connectivity index (χ0n) is 27.9. The summed E-state index contributed by atoms with van der Waals surface area (Å²) in [5.74, 6) is 0.365. The summed E-state index contributed by atoms with van der Waals surface area (Å²) in [5.41, 5.74) is 3.48. The molecule has 2 N–H and O–H groups in total. The third-order valence-corrected chi connectivity index (χ3v) is 8.99. The molecule has 1 aliphatic rings. The van der Waals surface area contributed by atoms with E-state index in [4.69, 9.17) is 9.47 Å². The maximum atomic E-state index is 13.8. The molecule has 1 amide bonds. The molecule has 2 atom stereocenters. The van der Waals surface area contributed by atoms with Crippen molar-refractivity contribution in [2.75, 3.05) is 51.0 Å². The number of nitrogens with zero attached hydrogens (tertiary/aromatic N) is 3. The Kier molecular flexibility index (Phi) is 11.1. The van der Waals surface area contributed by atoms with Crippen molar-refractivity contribution in [3.8, 4) is 17.0 Å². The Morgan fingerprint density at radius 1 is 0.979 bits per heavy atom. The summed E-state index contributed by atoms with van der Waals surface area (Å²) in [5, 5.41) is 6.29. The molecule has 5 rings (SSSR count). The normalized spacial score (nSPS) is 17.9. The quantitative estimate of drug-likeness (QED) is 0.223. The lowest BCUT2D eigenvalue weighted by Crippen LogP contribution is -2.43. The van der Waals surface area contributed by atoms with Crippen molar-refractivity contribution in [3.63, 3.8) is 0 Å². The lowest BCUT2D eigenvalue weighted by Gasteiger charge is -2.33. The molecular weight excluding hydrogens is 594 g/mol. The number of rotatable bonds is 10. The Morgan fingerprint density at radius 2 is 1.72 bits per heavy atom. The number of hydrogen-bond acceptors (Lipinski definition) is 9. The summed E-state index contributed by atoms with van der Waals surface area (Å²) >= 11 is 0. The fraction of sp³-hybridized carbons (Fsp3) is 0.405. The summed E-state index contributed by atoms with van der Waals surface area (Å²) < 4.78 is 12.2. The molecule has 0 aliphatic carbocycles. The van der Waals surface area contributed by atoms with Gasteiger partial charge in [0, 0.05) is 63.8 Å². The fourth-order valence-corrected chi connectivity index (χ4v) is 6.05. The van der Waals surface area contributed by atoms with Crippen LogP contribution in [0.2, 0.25) is 0 Å². The number of carbonyl (C=O) groups excluding carboxylic acids is 1. The van der Waals surface area contributed by atoms with E-state index in [0.29, 0.717) is 42.4 Å². The number of ether oxygens (including phenoxy) is 2. The highest BCUT2D eigenvalue weighted by Crippen LogP contribution is 2.29. The second-order valence-corrected chi connectivity index (χ2v) is 12.3. The number of benzene rings is 2. The number of carbonyl (C=O) groups is 1. The van der Waals surface area contributed by atoms with Crippen molar-refractivity contribution in [1.29, 1.82) is 0 Å². The molecule has 47 heavy (non-hydrogen) atoms. The molecule has 4 aromatic rings. The van der Waals surface area contributed by atoms with Crippen LogP contribution in [0.3, 0.4) is 0 Å². The molecular formula is C37H45N5O5. The maximum absolute atomic E-state index is 13.8. The predicted molar refractivity (Wildman–Crippen MR) is 186 cm³/mol. The van der Waals surface area contributed by atoms with Crippen molar-refractivity contribution in [1.82, 2.24) is 14.8 Å². The third-order valence-electron chi connectivity index (χ3n) is 8.99. The largest absolute Gasteiger partial charge is 0.491 e. The van der Waals surface area contributed by atoms with Crippen molar-refractivity contribution in [2.45, 2.75) is 52.3 Å². The first kappa shape index (κ1) is 33.8. The molecule has 0 radical (unpaired) electrons. The number of amides is 1. The van der Waals surface area contributed by atoms with E-state index >= 15 is 0 Å².